The van der Waals surface area contributed by atoms with Gasteiger partial charge < -0.3 is 25.7 Å². The van der Waals surface area contributed by atoms with Crippen molar-refractivity contribution in [3.63, 3.8) is 0 Å². The highest BCUT2D eigenvalue weighted by atomic mass is 16.3. The van der Waals surface area contributed by atoms with Gasteiger partial charge in [0.05, 0.1) is 17.8 Å². The minimum atomic E-state index is -1.22. The van der Waals surface area contributed by atoms with Crippen molar-refractivity contribution in [1.82, 2.24) is 5.32 Å². The average molecular weight is 658 g/mol. The summed E-state index contributed by atoms with van der Waals surface area (Å²) >= 11 is 0. The van der Waals surface area contributed by atoms with E-state index in [1.807, 2.05) is 50.4 Å². The quantitative estimate of drug-likeness (QED) is 0.0595. The number of hydrogen-bond donors (Lipinski definition) is 5. The van der Waals surface area contributed by atoms with Crippen LogP contribution < -0.4 is 5.32 Å². The number of aryl methyl sites for hydroxylation is 1. The van der Waals surface area contributed by atoms with E-state index in [2.05, 4.69) is 56.1 Å². The lowest BCUT2D eigenvalue weighted by Crippen LogP contribution is -2.65. The smallest absolute Gasteiger partial charge is 0.145 e. The molecule has 1 aromatic rings. The molecule has 3 aliphatic carbocycles. The summed E-state index contributed by atoms with van der Waals surface area (Å²) in [6, 6.07) is 10.1. The van der Waals surface area contributed by atoms with E-state index in [4.69, 9.17) is 0 Å². The number of carbonyl (C=O) groups is 1. The number of aliphatic hydroxyl groups excluding tert-OH is 3. The van der Waals surface area contributed by atoms with Crippen LogP contribution in [-0.4, -0.2) is 64.7 Å². The molecule has 0 aromatic heterocycles. The normalized spacial score (nSPS) is 31.7. The summed E-state index contributed by atoms with van der Waals surface area (Å²) in [5, 5.41) is 50.8. The van der Waals surface area contributed by atoms with Gasteiger partial charge in [-0.05, 0) is 121 Å². The fourth-order valence-electron chi connectivity index (χ4n) is 9.09. The first kappa shape index (κ1) is 37.9. The van der Waals surface area contributed by atoms with Gasteiger partial charge in [-0.2, -0.15) is 0 Å². The number of carbonyl (C=O) groups excluding carboxylic acids is 1. The second kappa shape index (κ2) is 17.2. The van der Waals surface area contributed by atoms with Gasteiger partial charge in [0.25, 0.3) is 0 Å². The molecule has 0 aliphatic heterocycles. The number of rotatable bonds is 16. The van der Waals surface area contributed by atoms with Gasteiger partial charge in [0.15, 0.2) is 0 Å². The Labute approximate surface area is 288 Å². The maximum absolute atomic E-state index is 12.8. The summed E-state index contributed by atoms with van der Waals surface area (Å²) in [7, 11) is 1.87. The summed E-state index contributed by atoms with van der Waals surface area (Å²) < 4.78 is 0. The molecular weight excluding hydrogens is 598 g/mol. The molecular formula is C42H59NO5. The Balaban J connectivity index is 1.77. The highest BCUT2D eigenvalue weighted by molar-refractivity contribution is 5.74. The van der Waals surface area contributed by atoms with Crippen molar-refractivity contribution >= 4 is 6.29 Å². The van der Waals surface area contributed by atoms with Crippen LogP contribution in [0.1, 0.15) is 77.7 Å². The van der Waals surface area contributed by atoms with Crippen LogP contribution in [0, 0.1) is 29.1 Å². The molecule has 6 nitrogen and oxygen atoms in total. The van der Waals surface area contributed by atoms with Crippen molar-refractivity contribution in [2.24, 2.45) is 29.1 Å². The summed E-state index contributed by atoms with van der Waals surface area (Å²) in [5.74, 6) is -0.949. The van der Waals surface area contributed by atoms with Crippen molar-refractivity contribution < 1.29 is 25.2 Å². The minimum Gasteiger partial charge on any atom is -0.396 e. The molecule has 0 radical (unpaired) electrons. The van der Waals surface area contributed by atoms with Gasteiger partial charge >= 0.3 is 0 Å². The number of fused-ring (bicyclic) bond motifs is 3. The Bertz CT molecular complexity index is 1400. The van der Waals surface area contributed by atoms with Crippen molar-refractivity contribution in [2.45, 2.75) is 96.4 Å². The van der Waals surface area contributed by atoms with Crippen LogP contribution in [-0.2, 0) is 11.2 Å². The zero-order valence-corrected chi connectivity index (χ0v) is 29.6. The number of nitrogens with one attached hydrogen (secondary N) is 1. The van der Waals surface area contributed by atoms with E-state index in [0.29, 0.717) is 57.1 Å². The van der Waals surface area contributed by atoms with Crippen LogP contribution >= 0.6 is 0 Å². The van der Waals surface area contributed by atoms with E-state index in [1.165, 1.54) is 5.57 Å². The third-order valence-electron chi connectivity index (χ3n) is 11.4. The lowest BCUT2D eigenvalue weighted by molar-refractivity contribution is -0.194. The summed E-state index contributed by atoms with van der Waals surface area (Å²) in [4.78, 5) is 12.3. The van der Waals surface area contributed by atoms with E-state index in [1.54, 1.807) is 0 Å². The molecule has 5 N–H and O–H groups in total. The second-order valence-corrected chi connectivity index (χ2v) is 14.7. The van der Waals surface area contributed by atoms with Crippen LogP contribution in [0.25, 0.3) is 0 Å². The first-order chi connectivity index (χ1) is 23.0. The van der Waals surface area contributed by atoms with Gasteiger partial charge in [0, 0.05) is 23.9 Å². The molecule has 48 heavy (non-hydrogen) atoms. The Kier molecular flexibility index (Phi) is 13.6. The SMILES string of the molecule is C=C(/C=C/C=C(/[C@H](O)CCc1ccccc1)[C@@H]1CC[C@]2([C@@H]1O)[C@@H]1C(=C(C)C=O)[C@@H](C=C[C@H]1CCO)C[C@]2(O)CCNC)CCC=C(C)C. The largest absolute Gasteiger partial charge is 0.396 e. The zero-order chi connectivity index (χ0) is 34.9. The van der Waals surface area contributed by atoms with Gasteiger partial charge in [-0.25, -0.2) is 0 Å². The minimum absolute atomic E-state index is 0.0280. The molecule has 262 valence electrons. The molecule has 0 unspecified atom stereocenters. The number of hydrogen-bond acceptors (Lipinski definition) is 6. The Morgan fingerprint density at radius 2 is 1.92 bits per heavy atom. The first-order valence-corrected chi connectivity index (χ1v) is 17.9. The lowest BCUT2D eigenvalue weighted by Gasteiger charge is -2.61. The van der Waals surface area contributed by atoms with Crippen LogP contribution in [0.4, 0.5) is 0 Å². The van der Waals surface area contributed by atoms with Crippen LogP contribution in [0.3, 0.4) is 0 Å². The fraction of sp³-hybridized carbons (Fsp3) is 0.548. The van der Waals surface area contributed by atoms with E-state index >= 15 is 0 Å². The van der Waals surface area contributed by atoms with Crippen molar-refractivity contribution in [1.29, 1.82) is 0 Å². The molecule has 0 saturated heterocycles. The van der Waals surface area contributed by atoms with Crippen LogP contribution in [0.15, 0.2) is 101 Å². The van der Waals surface area contributed by atoms with Gasteiger partial charge in [-0.15, -0.1) is 0 Å². The number of aliphatic hydroxyl groups is 4. The Morgan fingerprint density at radius 3 is 2.58 bits per heavy atom. The Morgan fingerprint density at radius 1 is 1.17 bits per heavy atom. The van der Waals surface area contributed by atoms with E-state index in [0.717, 1.165) is 41.4 Å². The maximum Gasteiger partial charge on any atom is 0.145 e. The molecule has 2 fully saturated rings. The lowest BCUT2D eigenvalue weighted by atomic mass is 9.45. The molecule has 2 bridgehead atoms. The van der Waals surface area contributed by atoms with Crippen LogP contribution in [0.2, 0.25) is 0 Å². The first-order valence-electron chi connectivity index (χ1n) is 17.9. The maximum atomic E-state index is 12.8. The molecule has 1 aromatic carbocycles. The van der Waals surface area contributed by atoms with Gasteiger partial charge in [-0.3, -0.25) is 4.79 Å². The third kappa shape index (κ3) is 8.11. The predicted octanol–water partition coefficient (Wildman–Crippen LogP) is 6.58. The number of allylic oxidation sites excluding steroid dienone is 10. The fourth-order valence-corrected chi connectivity index (χ4v) is 9.09. The van der Waals surface area contributed by atoms with Crippen molar-refractivity contribution in [2.75, 3.05) is 20.2 Å². The van der Waals surface area contributed by atoms with E-state index in [-0.39, 0.29) is 24.4 Å². The molecule has 1 spiro atoms. The van der Waals surface area contributed by atoms with Crippen LogP contribution in [0.5, 0.6) is 0 Å². The van der Waals surface area contributed by atoms with Gasteiger partial charge in [0.1, 0.15) is 6.29 Å². The van der Waals surface area contributed by atoms with Gasteiger partial charge in [0.2, 0.25) is 0 Å². The van der Waals surface area contributed by atoms with E-state index < -0.39 is 29.1 Å². The summed E-state index contributed by atoms with van der Waals surface area (Å²) in [5.41, 5.74) is 3.63. The zero-order valence-electron chi connectivity index (χ0n) is 29.6. The second-order valence-electron chi connectivity index (χ2n) is 14.7. The highest BCUT2D eigenvalue weighted by Crippen LogP contribution is 2.67. The molecule has 3 aliphatic rings. The summed E-state index contributed by atoms with van der Waals surface area (Å²) in [6.45, 7) is 10.8. The monoisotopic (exact) mass is 657 g/mol. The molecule has 0 heterocycles. The van der Waals surface area contributed by atoms with Crippen molar-refractivity contribution in [3.05, 3.63) is 107 Å². The molecule has 8 atom stereocenters. The highest BCUT2D eigenvalue weighted by Gasteiger charge is 2.68. The predicted molar refractivity (Wildman–Crippen MR) is 195 cm³/mol. The Hall–Kier alpha value is -2.87. The molecule has 2 saturated carbocycles. The van der Waals surface area contributed by atoms with E-state index in [9.17, 15) is 25.2 Å². The summed E-state index contributed by atoms with van der Waals surface area (Å²) in [6.07, 6.45) is 16.9. The number of aldehydes is 1. The average Bonchev–Trinajstić information content (AvgIpc) is 3.41. The standard InChI is InChI=1S/C42H59NO5/c1-29(2)11-9-12-30(3)13-10-16-35(37(46)20-17-32-14-7-6-8-15-32)36-21-23-42(40(36)47)39-33(22-26-44)18-19-34(38(39)31(4)28-45)27-41(42,48)24-25-43-5/h6-8,10-11,13-16,18-19,28,33-34,36-37,39-40,43-44,46-48H,3,9,12,17,20-27H2,1-2,4-5H3/b13-10+,35-16+,38-31?/t33-,34-,36-,37+,39-,40+,41+,42+/m0/s1. The third-order valence-corrected chi connectivity index (χ3v) is 11.4. The molecule has 0 amide bonds. The number of benzene rings is 1. The van der Waals surface area contributed by atoms with Crippen molar-refractivity contribution in [3.8, 4) is 0 Å². The van der Waals surface area contributed by atoms with Gasteiger partial charge in [-0.1, -0.05) is 90.1 Å². The molecule has 6 heteroatoms. The topological polar surface area (TPSA) is 110 Å². The molecule has 4 rings (SSSR count).